The van der Waals surface area contributed by atoms with Crippen LogP contribution in [0.4, 0.5) is 16.0 Å². The predicted molar refractivity (Wildman–Crippen MR) is 130 cm³/mol. The van der Waals surface area contributed by atoms with Crippen LogP contribution in [0.25, 0.3) is 11.4 Å². The molecular weight excluding hydrogens is 449 g/mol. The maximum Gasteiger partial charge on any atom is 0.255 e. The number of allylic oxidation sites excluding steroid dienone is 1. The van der Waals surface area contributed by atoms with E-state index >= 15 is 0 Å². The molecule has 0 bridgehead atoms. The van der Waals surface area contributed by atoms with Crippen molar-refractivity contribution in [3.05, 3.63) is 95.4 Å². The van der Waals surface area contributed by atoms with Gasteiger partial charge in [0.25, 0.3) is 5.91 Å². The number of aromatic hydroxyl groups is 1. The van der Waals surface area contributed by atoms with E-state index in [0.717, 1.165) is 5.56 Å². The van der Waals surface area contributed by atoms with E-state index < -0.39 is 6.04 Å². The van der Waals surface area contributed by atoms with Crippen LogP contribution >= 0.6 is 0 Å². The number of carbonyl (C=O) groups is 1. The van der Waals surface area contributed by atoms with E-state index in [1.54, 1.807) is 66.2 Å². The molecule has 1 aliphatic heterocycles. The summed E-state index contributed by atoms with van der Waals surface area (Å²) in [5.41, 5.74) is 2.91. The lowest BCUT2D eigenvalue weighted by Gasteiger charge is -2.28. The Morgan fingerprint density at radius 1 is 1.09 bits per heavy atom. The number of phenolic OH excluding ortho intramolecular Hbond substituents is 1. The number of benzene rings is 3. The maximum atomic E-state index is 13.6. The predicted octanol–water partition coefficient (Wildman–Crippen LogP) is 4.73. The highest BCUT2D eigenvalue weighted by molar-refractivity contribution is 6.06. The fraction of sp³-hybridized carbons (Fsp3) is 0.115. The van der Waals surface area contributed by atoms with Crippen molar-refractivity contribution < 1.29 is 19.0 Å². The van der Waals surface area contributed by atoms with E-state index in [1.807, 2.05) is 6.07 Å². The number of carbonyl (C=O) groups excluding carboxylic acids is 1. The van der Waals surface area contributed by atoms with E-state index in [1.165, 1.54) is 19.2 Å². The van der Waals surface area contributed by atoms with Gasteiger partial charge < -0.3 is 20.5 Å². The Kier molecular flexibility index (Phi) is 5.66. The summed E-state index contributed by atoms with van der Waals surface area (Å²) in [6.45, 7) is 1.79. The number of aromatic nitrogens is 3. The minimum absolute atomic E-state index is 0.106. The van der Waals surface area contributed by atoms with Crippen molar-refractivity contribution in [2.24, 2.45) is 0 Å². The van der Waals surface area contributed by atoms with Gasteiger partial charge in [0.15, 0.2) is 5.82 Å². The highest BCUT2D eigenvalue weighted by Crippen LogP contribution is 2.37. The summed E-state index contributed by atoms with van der Waals surface area (Å²) >= 11 is 0. The topological polar surface area (TPSA) is 101 Å². The summed E-state index contributed by atoms with van der Waals surface area (Å²) in [4.78, 5) is 18.2. The Balaban J connectivity index is 1.59. The van der Waals surface area contributed by atoms with Crippen molar-refractivity contribution in [1.82, 2.24) is 14.8 Å². The van der Waals surface area contributed by atoms with Crippen LogP contribution in [0.5, 0.6) is 11.5 Å². The first-order valence-electron chi connectivity index (χ1n) is 10.9. The Morgan fingerprint density at radius 2 is 1.80 bits per heavy atom. The molecule has 4 aromatic rings. The summed E-state index contributed by atoms with van der Waals surface area (Å²) in [5, 5.41) is 20.6. The van der Waals surface area contributed by atoms with Crippen LogP contribution in [0.15, 0.2) is 84.1 Å². The van der Waals surface area contributed by atoms with Gasteiger partial charge >= 0.3 is 0 Å². The van der Waals surface area contributed by atoms with Crippen LogP contribution in [0, 0.1) is 5.82 Å². The van der Waals surface area contributed by atoms with Gasteiger partial charge in [0.2, 0.25) is 5.95 Å². The SMILES string of the molecule is COc1ccccc1NC(=O)C1=C(C)Nc2nc(-c3ccc(F)cc3)nn2C1c1ccc(O)cc1. The lowest BCUT2D eigenvalue weighted by Crippen LogP contribution is -2.31. The van der Waals surface area contributed by atoms with Gasteiger partial charge in [-0.15, -0.1) is 5.10 Å². The molecule has 0 radical (unpaired) electrons. The number of ether oxygens (including phenoxy) is 1. The summed E-state index contributed by atoms with van der Waals surface area (Å²) in [6, 6.07) is 19.0. The second-order valence-electron chi connectivity index (χ2n) is 8.02. The van der Waals surface area contributed by atoms with Gasteiger partial charge in [-0.05, 0) is 61.0 Å². The molecule has 2 heterocycles. The van der Waals surface area contributed by atoms with E-state index in [0.29, 0.717) is 40.0 Å². The monoisotopic (exact) mass is 471 g/mol. The second kappa shape index (κ2) is 8.94. The number of amides is 1. The average molecular weight is 471 g/mol. The Bertz CT molecular complexity index is 1430. The molecule has 1 aliphatic rings. The number of para-hydroxylation sites is 2. The summed E-state index contributed by atoms with van der Waals surface area (Å²) in [6.07, 6.45) is 0. The van der Waals surface area contributed by atoms with Crippen molar-refractivity contribution in [3.8, 4) is 22.9 Å². The van der Waals surface area contributed by atoms with Crippen LogP contribution in [-0.2, 0) is 4.79 Å². The summed E-state index contributed by atoms with van der Waals surface area (Å²) < 4.78 is 20.4. The van der Waals surface area contributed by atoms with Crippen molar-refractivity contribution in [1.29, 1.82) is 0 Å². The first-order valence-corrected chi connectivity index (χ1v) is 10.9. The van der Waals surface area contributed by atoms with Gasteiger partial charge in [0.1, 0.15) is 23.4 Å². The minimum atomic E-state index is -0.636. The number of anilines is 2. The van der Waals surface area contributed by atoms with Crippen LogP contribution in [0.2, 0.25) is 0 Å². The zero-order valence-corrected chi connectivity index (χ0v) is 19.0. The van der Waals surface area contributed by atoms with Gasteiger partial charge in [-0.2, -0.15) is 4.98 Å². The fourth-order valence-electron chi connectivity index (χ4n) is 4.07. The standard InChI is InChI=1S/C26H22FN5O3/c1-15-22(25(34)29-20-5-3-4-6-21(20)35-2)23(16-9-13-19(33)14-10-16)32-26(28-15)30-24(31-32)17-7-11-18(27)12-8-17/h3-14,23,33H,1-2H3,(H,29,34)(H,28,30,31). The molecule has 0 fully saturated rings. The minimum Gasteiger partial charge on any atom is -0.508 e. The maximum absolute atomic E-state index is 13.6. The first kappa shape index (κ1) is 22.1. The van der Waals surface area contributed by atoms with Crippen molar-refractivity contribution in [2.45, 2.75) is 13.0 Å². The molecule has 0 saturated carbocycles. The van der Waals surface area contributed by atoms with Crippen LogP contribution < -0.4 is 15.4 Å². The van der Waals surface area contributed by atoms with Gasteiger partial charge in [-0.1, -0.05) is 24.3 Å². The molecule has 8 nitrogen and oxygen atoms in total. The van der Waals surface area contributed by atoms with Crippen LogP contribution in [-0.4, -0.2) is 32.9 Å². The van der Waals surface area contributed by atoms with Gasteiger partial charge in [-0.25, -0.2) is 9.07 Å². The zero-order valence-electron chi connectivity index (χ0n) is 19.0. The smallest absolute Gasteiger partial charge is 0.255 e. The summed E-state index contributed by atoms with van der Waals surface area (Å²) in [5.74, 6) is 0.759. The van der Waals surface area contributed by atoms with E-state index in [2.05, 4.69) is 20.7 Å². The quantitative estimate of drug-likeness (QED) is 0.389. The number of hydrogen-bond acceptors (Lipinski definition) is 6. The summed E-state index contributed by atoms with van der Waals surface area (Å²) in [7, 11) is 1.54. The van der Waals surface area contributed by atoms with E-state index in [9.17, 15) is 14.3 Å². The number of fused-ring (bicyclic) bond motifs is 1. The van der Waals surface area contributed by atoms with Crippen LogP contribution in [0.1, 0.15) is 18.5 Å². The number of nitrogens with zero attached hydrogens (tertiary/aromatic N) is 3. The number of phenols is 1. The molecule has 0 spiro atoms. The van der Waals surface area contributed by atoms with Crippen molar-refractivity contribution >= 4 is 17.5 Å². The zero-order chi connectivity index (χ0) is 24.5. The molecule has 1 unspecified atom stereocenters. The third kappa shape index (κ3) is 4.19. The molecular formula is C26H22FN5O3. The lowest BCUT2D eigenvalue weighted by atomic mass is 9.95. The number of rotatable bonds is 5. The molecule has 3 N–H and O–H groups in total. The van der Waals surface area contributed by atoms with Crippen molar-refractivity contribution in [3.63, 3.8) is 0 Å². The molecule has 1 amide bonds. The Hall–Kier alpha value is -4.66. The Labute approximate surface area is 200 Å². The normalized spacial score (nSPS) is 14.8. The number of halogens is 1. The molecule has 1 aromatic heterocycles. The molecule has 0 aliphatic carbocycles. The molecule has 5 rings (SSSR count). The second-order valence-corrected chi connectivity index (χ2v) is 8.02. The third-order valence-corrected chi connectivity index (χ3v) is 5.76. The molecule has 3 aromatic carbocycles. The van der Waals surface area contributed by atoms with Gasteiger partial charge in [-0.3, -0.25) is 4.79 Å². The Morgan fingerprint density at radius 3 is 2.51 bits per heavy atom. The highest BCUT2D eigenvalue weighted by atomic mass is 19.1. The molecule has 176 valence electrons. The number of nitrogens with one attached hydrogen (secondary N) is 2. The fourth-order valence-corrected chi connectivity index (χ4v) is 4.07. The van der Waals surface area contributed by atoms with E-state index in [4.69, 9.17) is 4.74 Å². The molecule has 1 atom stereocenters. The van der Waals surface area contributed by atoms with Gasteiger partial charge in [0.05, 0.1) is 18.4 Å². The molecule has 35 heavy (non-hydrogen) atoms. The largest absolute Gasteiger partial charge is 0.508 e. The third-order valence-electron chi connectivity index (χ3n) is 5.76. The number of hydrogen-bond donors (Lipinski definition) is 3. The number of methoxy groups -OCH3 is 1. The highest BCUT2D eigenvalue weighted by Gasteiger charge is 2.34. The lowest BCUT2D eigenvalue weighted by molar-refractivity contribution is -0.113. The average Bonchev–Trinajstić information content (AvgIpc) is 3.28. The van der Waals surface area contributed by atoms with Crippen molar-refractivity contribution in [2.75, 3.05) is 17.7 Å². The first-order chi connectivity index (χ1) is 16.9. The molecule has 0 saturated heterocycles. The van der Waals surface area contributed by atoms with E-state index in [-0.39, 0.29) is 17.5 Å². The van der Waals surface area contributed by atoms with Crippen LogP contribution in [0.3, 0.4) is 0 Å². The van der Waals surface area contributed by atoms with Gasteiger partial charge in [0, 0.05) is 11.3 Å². The molecule has 9 heteroatoms.